The number of rotatable bonds is 6. The summed E-state index contributed by atoms with van der Waals surface area (Å²) in [6, 6.07) is 16.9. The van der Waals surface area contributed by atoms with Gasteiger partial charge in [-0.3, -0.25) is 10.7 Å². The normalized spacial score (nSPS) is 15.9. The Bertz CT molecular complexity index is 1210. The Kier molecular flexibility index (Phi) is 7.49. The Hall–Kier alpha value is -3.98. The SMILES string of the molecule is CC(C)(C)OC(=O)N1CCCC([NH2+]c2ncnc(N)c2C(=N)c2ccc(Oc3ccccc3)cc2)C1. The van der Waals surface area contributed by atoms with Crippen molar-refractivity contribution in [1.29, 1.82) is 5.41 Å². The van der Waals surface area contributed by atoms with Crippen LogP contribution >= 0.6 is 0 Å². The van der Waals surface area contributed by atoms with Gasteiger partial charge in [-0.1, -0.05) is 18.2 Å². The molecule has 0 spiro atoms. The molecule has 0 radical (unpaired) electrons. The van der Waals surface area contributed by atoms with Crippen molar-refractivity contribution in [2.45, 2.75) is 45.3 Å². The highest BCUT2D eigenvalue weighted by molar-refractivity contribution is 6.15. The fourth-order valence-electron chi connectivity index (χ4n) is 4.12. The van der Waals surface area contributed by atoms with E-state index in [0.29, 0.717) is 35.8 Å². The molecule has 188 valence electrons. The van der Waals surface area contributed by atoms with Gasteiger partial charge in [0, 0.05) is 18.5 Å². The van der Waals surface area contributed by atoms with Crippen molar-refractivity contribution in [3.8, 4) is 11.5 Å². The molecule has 0 aliphatic carbocycles. The lowest BCUT2D eigenvalue weighted by molar-refractivity contribution is -0.616. The van der Waals surface area contributed by atoms with Crippen molar-refractivity contribution < 1.29 is 19.6 Å². The van der Waals surface area contributed by atoms with Gasteiger partial charge in [0.1, 0.15) is 40.9 Å². The first-order valence-corrected chi connectivity index (χ1v) is 12.0. The molecule has 9 heteroatoms. The van der Waals surface area contributed by atoms with E-state index < -0.39 is 5.60 Å². The lowest BCUT2D eigenvalue weighted by Crippen LogP contribution is -2.88. The van der Waals surface area contributed by atoms with Crippen LogP contribution in [0.1, 0.15) is 44.7 Å². The fourth-order valence-corrected chi connectivity index (χ4v) is 4.12. The number of hydrogen-bond donors (Lipinski definition) is 3. The van der Waals surface area contributed by atoms with Crippen LogP contribution in [-0.4, -0.2) is 51.4 Å². The summed E-state index contributed by atoms with van der Waals surface area (Å²) in [6.07, 6.45) is 2.86. The Balaban J connectivity index is 1.48. The van der Waals surface area contributed by atoms with Gasteiger partial charge in [0.05, 0.1) is 12.3 Å². The summed E-state index contributed by atoms with van der Waals surface area (Å²) in [4.78, 5) is 22.9. The summed E-state index contributed by atoms with van der Waals surface area (Å²) in [5.74, 6) is 2.25. The van der Waals surface area contributed by atoms with E-state index in [1.165, 1.54) is 6.33 Å². The summed E-state index contributed by atoms with van der Waals surface area (Å²) in [5.41, 5.74) is 7.05. The minimum Gasteiger partial charge on any atom is -0.457 e. The average Bonchev–Trinajstić information content (AvgIpc) is 2.84. The van der Waals surface area contributed by atoms with E-state index in [1.54, 1.807) is 4.90 Å². The third-order valence-corrected chi connectivity index (χ3v) is 5.78. The third kappa shape index (κ3) is 6.37. The monoisotopic (exact) mass is 489 g/mol. The van der Waals surface area contributed by atoms with Crippen LogP contribution in [0.3, 0.4) is 0 Å². The molecule has 4 rings (SSSR count). The number of carbonyl (C=O) groups excluding carboxylic acids is 1. The molecular weight excluding hydrogens is 456 g/mol. The highest BCUT2D eigenvalue weighted by Gasteiger charge is 2.31. The Morgan fingerprint density at radius 1 is 1.08 bits per heavy atom. The van der Waals surface area contributed by atoms with Crippen molar-refractivity contribution in [3.63, 3.8) is 0 Å². The molecule has 1 aromatic heterocycles. The number of nitrogens with zero attached hydrogens (tertiary/aromatic N) is 3. The summed E-state index contributed by atoms with van der Waals surface area (Å²) in [7, 11) is 0. The Morgan fingerprint density at radius 2 is 1.78 bits per heavy atom. The Morgan fingerprint density at radius 3 is 2.47 bits per heavy atom. The van der Waals surface area contributed by atoms with Crippen LogP contribution in [0.25, 0.3) is 0 Å². The Labute approximate surface area is 211 Å². The first kappa shape index (κ1) is 25.1. The number of likely N-dealkylation sites (tertiary alicyclic amines) is 1. The summed E-state index contributed by atoms with van der Waals surface area (Å²) in [5, 5.41) is 10.9. The van der Waals surface area contributed by atoms with E-state index in [-0.39, 0.29) is 23.7 Å². The number of benzene rings is 2. The zero-order valence-electron chi connectivity index (χ0n) is 20.9. The molecule has 1 unspecified atom stereocenters. The van der Waals surface area contributed by atoms with Gasteiger partial charge in [0.25, 0.3) is 0 Å². The van der Waals surface area contributed by atoms with E-state index >= 15 is 0 Å². The standard InChI is InChI=1S/C27H32N6O3/c1-27(2,3)36-26(34)33-15-7-8-19(16-33)32-25-22(24(29)30-17-31-25)23(28)18-11-13-21(14-12-18)35-20-9-5-4-6-10-20/h4-6,9-14,17,19,28H,7-8,15-16H2,1-3H3,(H3,29,30,31,32)/p+1. The third-order valence-electron chi connectivity index (χ3n) is 5.78. The summed E-state index contributed by atoms with van der Waals surface area (Å²) < 4.78 is 11.4. The number of nitrogen functional groups attached to an aromatic ring is 1. The first-order chi connectivity index (χ1) is 17.2. The maximum absolute atomic E-state index is 12.6. The molecule has 36 heavy (non-hydrogen) atoms. The molecule has 0 bridgehead atoms. The second-order valence-electron chi connectivity index (χ2n) is 9.83. The number of carbonyl (C=O) groups is 1. The van der Waals surface area contributed by atoms with Crippen molar-refractivity contribution in [3.05, 3.63) is 72.1 Å². The molecule has 1 aliphatic heterocycles. The molecule has 2 heterocycles. The minimum absolute atomic E-state index is 0.0637. The highest BCUT2D eigenvalue weighted by atomic mass is 16.6. The number of quaternary nitrogens is 1. The number of ether oxygens (including phenoxy) is 2. The molecule has 1 fully saturated rings. The van der Waals surface area contributed by atoms with Gasteiger partial charge in [0.2, 0.25) is 5.82 Å². The van der Waals surface area contributed by atoms with E-state index in [9.17, 15) is 4.79 Å². The lowest BCUT2D eigenvalue weighted by Gasteiger charge is -2.32. The van der Waals surface area contributed by atoms with Gasteiger partial charge in [-0.05, 0) is 63.6 Å². The van der Waals surface area contributed by atoms with Crippen LogP contribution in [0.4, 0.5) is 16.4 Å². The lowest BCUT2D eigenvalue weighted by atomic mass is 10.0. The van der Waals surface area contributed by atoms with Crippen LogP contribution in [-0.2, 0) is 4.74 Å². The number of nitrogens with one attached hydrogen (secondary N) is 1. The van der Waals surface area contributed by atoms with Gasteiger partial charge in [-0.25, -0.2) is 9.78 Å². The van der Waals surface area contributed by atoms with Crippen molar-refractivity contribution in [2.75, 3.05) is 18.8 Å². The zero-order valence-corrected chi connectivity index (χ0v) is 20.9. The van der Waals surface area contributed by atoms with E-state index in [2.05, 4.69) is 9.97 Å². The number of aromatic nitrogens is 2. The number of nitrogens with two attached hydrogens (primary N) is 2. The van der Waals surface area contributed by atoms with E-state index in [4.69, 9.17) is 20.6 Å². The fraction of sp³-hybridized carbons (Fsp3) is 0.333. The largest absolute Gasteiger partial charge is 0.457 e. The van der Waals surface area contributed by atoms with Crippen LogP contribution < -0.4 is 15.8 Å². The molecule has 0 saturated carbocycles. The molecule has 5 N–H and O–H groups in total. The number of para-hydroxylation sites is 1. The molecule has 3 aromatic rings. The van der Waals surface area contributed by atoms with Crippen molar-refractivity contribution >= 4 is 23.4 Å². The quantitative estimate of drug-likeness (QED) is 0.451. The molecule has 1 aliphatic rings. The highest BCUT2D eigenvalue weighted by Crippen LogP contribution is 2.24. The van der Waals surface area contributed by atoms with Crippen LogP contribution in [0.5, 0.6) is 11.5 Å². The average molecular weight is 490 g/mol. The number of amides is 1. The second kappa shape index (κ2) is 10.7. The predicted octanol–water partition coefficient (Wildman–Crippen LogP) is 3.86. The van der Waals surface area contributed by atoms with Gasteiger partial charge >= 0.3 is 6.09 Å². The maximum atomic E-state index is 12.6. The van der Waals surface area contributed by atoms with E-state index in [0.717, 1.165) is 18.6 Å². The van der Waals surface area contributed by atoms with Crippen LogP contribution in [0.2, 0.25) is 0 Å². The number of anilines is 1. The minimum atomic E-state index is -0.543. The van der Waals surface area contributed by atoms with Crippen molar-refractivity contribution in [1.82, 2.24) is 14.9 Å². The molecule has 2 aromatic carbocycles. The zero-order chi connectivity index (χ0) is 25.7. The number of piperidine rings is 1. The van der Waals surface area contributed by atoms with Gasteiger partial charge in [-0.15, -0.1) is 0 Å². The first-order valence-electron chi connectivity index (χ1n) is 12.0. The van der Waals surface area contributed by atoms with Crippen LogP contribution in [0, 0.1) is 5.41 Å². The molecule has 9 nitrogen and oxygen atoms in total. The molecule has 1 amide bonds. The topological polar surface area (TPSA) is 131 Å². The van der Waals surface area contributed by atoms with E-state index in [1.807, 2.05) is 80.7 Å². The molecular formula is C27H33N6O3+. The smallest absolute Gasteiger partial charge is 0.410 e. The number of hydrogen-bond acceptors (Lipinski definition) is 7. The molecule has 1 atom stereocenters. The maximum Gasteiger partial charge on any atom is 0.410 e. The van der Waals surface area contributed by atoms with Crippen LogP contribution in [0.15, 0.2) is 60.9 Å². The van der Waals surface area contributed by atoms with Crippen molar-refractivity contribution in [2.24, 2.45) is 0 Å². The van der Waals surface area contributed by atoms with Gasteiger partial charge in [-0.2, -0.15) is 4.98 Å². The summed E-state index contributed by atoms with van der Waals surface area (Å²) >= 11 is 0. The second-order valence-corrected chi connectivity index (χ2v) is 9.83. The summed E-state index contributed by atoms with van der Waals surface area (Å²) in [6.45, 7) is 6.77. The van der Waals surface area contributed by atoms with Gasteiger partial charge < -0.3 is 20.1 Å². The van der Waals surface area contributed by atoms with Gasteiger partial charge in [0.15, 0.2) is 0 Å². The molecule has 1 saturated heterocycles. The predicted molar refractivity (Wildman–Crippen MR) is 138 cm³/mol.